The van der Waals surface area contributed by atoms with E-state index in [2.05, 4.69) is 14.7 Å². The molecule has 2 heterocycles. The number of H-pyrrole nitrogens is 1. The molecule has 10 heteroatoms. The highest BCUT2D eigenvalue weighted by molar-refractivity contribution is 7.91. The van der Waals surface area contributed by atoms with Gasteiger partial charge in [0.1, 0.15) is 11.5 Å². The zero-order valence-corrected chi connectivity index (χ0v) is 21.5. The topological polar surface area (TPSA) is 91.9 Å². The molecule has 0 aliphatic rings. The van der Waals surface area contributed by atoms with Crippen LogP contribution in [0.1, 0.15) is 27.0 Å². The highest BCUT2D eigenvalue weighted by Gasteiger charge is 2.26. The van der Waals surface area contributed by atoms with Crippen LogP contribution in [0.2, 0.25) is 5.02 Å². The largest absolute Gasteiger partial charge is 0.345 e. The molecule has 0 bridgehead atoms. The second kappa shape index (κ2) is 10.00. The molecule has 192 valence electrons. The molecular formula is C28H20ClF2N3O3S. The monoisotopic (exact) mass is 551 g/mol. The SMILES string of the molecule is Cc1ccc(CS(=O)(=O)Nc2ccc(F)c(C(=O)c3c[nH]c4ncc(-c5ccc(Cl)cc5)cc34)c2F)cc1. The first-order chi connectivity index (χ1) is 18.1. The average molecular weight is 552 g/mol. The molecule has 0 unspecified atom stereocenters. The van der Waals surface area contributed by atoms with E-state index in [1.165, 1.54) is 6.20 Å². The number of carbonyl (C=O) groups is 1. The zero-order valence-electron chi connectivity index (χ0n) is 19.9. The van der Waals surface area contributed by atoms with Gasteiger partial charge in [0.15, 0.2) is 5.82 Å². The lowest BCUT2D eigenvalue weighted by Crippen LogP contribution is -2.18. The van der Waals surface area contributed by atoms with Crippen LogP contribution in [0.15, 0.2) is 79.1 Å². The normalized spacial score (nSPS) is 11.6. The Kier molecular flexibility index (Phi) is 6.73. The summed E-state index contributed by atoms with van der Waals surface area (Å²) in [6.45, 7) is 1.87. The van der Waals surface area contributed by atoms with Gasteiger partial charge in [-0.1, -0.05) is 53.6 Å². The Morgan fingerprint density at radius 2 is 1.71 bits per heavy atom. The molecule has 0 atom stereocenters. The number of hydrogen-bond donors (Lipinski definition) is 2. The van der Waals surface area contributed by atoms with Gasteiger partial charge >= 0.3 is 0 Å². The minimum absolute atomic E-state index is 0.0132. The van der Waals surface area contributed by atoms with E-state index in [4.69, 9.17) is 11.6 Å². The fourth-order valence-corrected chi connectivity index (χ4v) is 5.40. The predicted octanol–water partition coefficient (Wildman–Crippen LogP) is 6.64. The molecular weight excluding hydrogens is 532 g/mol. The third-order valence-electron chi connectivity index (χ3n) is 6.01. The Balaban J connectivity index is 1.49. The Morgan fingerprint density at radius 1 is 1.00 bits per heavy atom. The Hall–Kier alpha value is -4.08. The van der Waals surface area contributed by atoms with Crippen LogP contribution >= 0.6 is 11.6 Å². The second-order valence-corrected chi connectivity index (χ2v) is 10.9. The third kappa shape index (κ3) is 5.16. The lowest BCUT2D eigenvalue weighted by molar-refractivity contribution is 0.103. The molecule has 5 aromatic rings. The molecule has 0 radical (unpaired) electrons. The molecule has 0 saturated carbocycles. The Bertz CT molecular complexity index is 1790. The summed E-state index contributed by atoms with van der Waals surface area (Å²) in [5, 5.41) is 0.909. The molecule has 2 N–H and O–H groups in total. The van der Waals surface area contributed by atoms with Crippen molar-refractivity contribution in [3.05, 3.63) is 118 Å². The van der Waals surface area contributed by atoms with Crippen molar-refractivity contribution in [1.29, 1.82) is 0 Å². The van der Waals surface area contributed by atoms with Crippen molar-refractivity contribution >= 4 is 44.1 Å². The number of nitrogens with zero attached hydrogens (tertiary/aromatic N) is 1. The van der Waals surface area contributed by atoms with Crippen LogP contribution < -0.4 is 4.72 Å². The number of benzene rings is 3. The number of aryl methyl sites for hydroxylation is 1. The van der Waals surface area contributed by atoms with Crippen molar-refractivity contribution in [3.8, 4) is 11.1 Å². The van der Waals surface area contributed by atoms with Crippen LogP contribution in [0.25, 0.3) is 22.2 Å². The van der Waals surface area contributed by atoms with Crippen LogP contribution in [-0.4, -0.2) is 24.2 Å². The first-order valence-corrected chi connectivity index (χ1v) is 13.5. The van der Waals surface area contributed by atoms with Crippen molar-refractivity contribution in [2.75, 3.05) is 4.72 Å². The van der Waals surface area contributed by atoms with Gasteiger partial charge in [0.25, 0.3) is 0 Å². The molecule has 0 fully saturated rings. The maximum absolute atomic E-state index is 15.5. The first kappa shape index (κ1) is 25.6. The number of fused-ring (bicyclic) bond motifs is 1. The van der Waals surface area contributed by atoms with Crippen LogP contribution in [0.4, 0.5) is 14.5 Å². The molecule has 0 saturated heterocycles. The Labute approximate surface area is 222 Å². The maximum atomic E-state index is 15.5. The molecule has 5 rings (SSSR count). The van der Waals surface area contributed by atoms with Gasteiger partial charge in [0.05, 0.1) is 17.0 Å². The number of pyridine rings is 1. The summed E-state index contributed by atoms with van der Waals surface area (Å²) in [6.07, 6.45) is 2.92. The van der Waals surface area contributed by atoms with Gasteiger partial charge in [0.2, 0.25) is 15.8 Å². The fraction of sp³-hybridized carbons (Fsp3) is 0.0714. The molecule has 6 nitrogen and oxygen atoms in total. The van der Waals surface area contributed by atoms with E-state index in [1.54, 1.807) is 60.8 Å². The molecule has 0 spiro atoms. The molecule has 0 aliphatic carbocycles. The number of halogens is 3. The third-order valence-corrected chi connectivity index (χ3v) is 7.51. The first-order valence-electron chi connectivity index (χ1n) is 11.4. The van der Waals surface area contributed by atoms with Crippen LogP contribution in [0.3, 0.4) is 0 Å². The molecule has 3 aromatic carbocycles. The number of aromatic amines is 1. The van der Waals surface area contributed by atoms with E-state index >= 15 is 4.39 Å². The van der Waals surface area contributed by atoms with Crippen molar-refractivity contribution < 1.29 is 22.0 Å². The number of aromatic nitrogens is 2. The van der Waals surface area contributed by atoms with Gasteiger partial charge in [-0.05, 0) is 48.4 Å². The summed E-state index contributed by atoms with van der Waals surface area (Å²) in [5.41, 5.74) is 1.83. The number of nitrogens with one attached hydrogen (secondary N) is 2. The summed E-state index contributed by atoms with van der Waals surface area (Å²) in [4.78, 5) is 20.5. The lowest BCUT2D eigenvalue weighted by atomic mass is 10.00. The standard InChI is InChI=1S/C28H20ClF2N3O3S/c1-16-2-4-17(5-3-16)15-38(36,37)34-24-11-10-23(30)25(26(24)31)27(35)22-14-33-28-21(22)12-19(13-32-28)18-6-8-20(29)9-7-18/h2-14,34H,15H2,1H3,(H,32,33). The number of rotatable bonds is 7. The number of carbonyl (C=O) groups excluding carboxylic acids is 1. The zero-order chi connectivity index (χ0) is 27.0. The maximum Gasteiger partial charge on any atom is 0.237 e. The van der Waals surface area contributed by atoms with E-state index in [9.17, 15) is 17.6 Å². The van der Waals surface area contributed by atoms with Gasteiger partial charge in [-0.25, -0.2) is 22.2 Å². The lowest BCUT2D eigenvalue weighted by Gasteiger charge is -2.12. The molecule has 38 heavy (non-hydrogen) atoms. The van der Waals surface area contributed by atoms with Gasteiger partial charge in [-0.2, -0.15) is 0 Å². The molecule has 2 aromatic heterocycles. The van der Waals surface area contributed by atoms with E-state index < -0.39 is 44.4 Å². The summed E-state index contributed by atoms with van der Waals surface area (Å²) in [5.74, 6) is -3.81. The van der Waals surface area contributed by atoms with E-state index in [0.29, 0.717) is 27.2 Å². The van der Waals surface area contributed by atoms with E-state index in [0.717, 1.165) is 23.3 Å². The quantitative estimate of drug-likeness (QED) is 0.222. The number of ketones is 1. The molecule has 0 amide bonds. The predicted molar refractivity (Wildman–Crippen MR) is 144 cm³/mol. The van der Waals surface area contributed by atoms with Crippen molar-refractivity contribution in [3.63, 3.8) is 0 Å². The summed E-state index contributed by atoms with van der Waals surface area (Å²) in [6, 6.07) is 17.3. The summed E-state index contributed by atoms with van der Waals surface area (Å²) < 4.78 is 57.8. The van der Waals surface area contributed by atoms with Crippen LogP contribution in [0.5, 0.6) is 0 Å². The van der Waals surface area contributed by atoms with E-state index in [-0.39, 0.29) is 5.56 Å². The van der Waals surface area contributed by atoms with E-state index in [1.807, 2.05) is 6.92 Å². The summed E-state index contributed by atoms with van der Waals surface area (Å²) >= 11 is 5.96. The van der Waals surface area contributed by atoms with Crippen LogP contribution in [-0.2, 0) is 15.8 Å². The highest BCUT2D eigenvalue weighted by atomic mass is 35.5. The minimum Gasteiger partial charge on any atom is -0.345 e. The fourth-order valence-electron chi connectivity index (χ4n) is 4.07. The van der Waals surface area contributed by atoms with Crippen molar-refractivity contribution in [2.24, 2.45) is 0 Å². The van der Waals surface area contributed by atoms with Crippen LogP contribution in [0, 0.1) is 18.6 Å². The van der Waals surface area contributed by atoms with Crippen molar-refractivity contribution in [1.82, 2.24) is 9.97 Å². The van der Waals surface area contributed by atoms with Gasteiger partial charge < -0.3 is 4.98 Å². The Morgan fingerprint density at radius 3 is 2.42 bits per heavy atom. The molecule has 0 aliphatic heterocycles. The van der Waals surface area contributed by atoms with Gasteiger partial charge in [0, 0.05) is 33.9 Å². The van der Waals surface area contributed by atoms with Gasteiger partial charge in [-0.3, -0.25) is 9.52 Å². The summed E-state index contributed by atoms with van der Waals surface area (Å²) in [7, 11) is -4.06. The van der Waals surface area contributed by atoms with Crippen molar-refractivity contribution in [2.45, 2.75) is 12.7 Å². The average Bonchev–Trinajstić information content (AvgIpc) is 3.31. The number of sulfonamides is 1. The smallest absolute Gasteiger partial charge is 0.237 e. The number of anilines is 1. The minimum atomic E-state index is -4.06. The number of hydrogen-bond acceptors (Lipinski definition) is 4. The van der Waals surface area contributed by atoms with Gasteiger partial charge in [-0.15, -0.1) is 0 Å². The highest BCUT2D eigenvalue weighted by Crippen LogP contribution is 2.30. The second-order valence-electron chi connectivity index (χ2n) is 8.79.